The highest BCUT2D eigenvalue weighted by atomic mass is 32.2. The number of hydrogen-bond donors (Lipinski definition) is 2. The summed E-state index contributed by atoms with van der Waals surface area (Å²) in [5.74, 6) is -2.28. The predicted molar refractivity (Wildman–Crippen MR) is 93.6 cm³/mol. The SMILES string of the molecule is Cc1cc(F)ccc1S(=O)(=O)Nc1ccc(Nc2c(F)cccc2F)nn1. The molecule has 0 bridgehead atoms. The predicted octanol–water partition coefficient (Wildman–Crippen LogP) is 3.75. The molecule has 0 saturated carbocycles. The molecule has 0 radical (unpaired) electrons. The van der Waals surface area contributed by atoms with E-state index in [0.29, 0.717) is 0 Å². The van der Waals surface area contributed by atoms with Gasteiger partial charge in [-0.05, 0) is 55.0 Å². The average Bonchev–Trinajstić information content (AvgIpc) is 2.59. The number of rotatable bonds is 5. The van der Waals surface area contributed by atoms with Gasteiger partial charge >= 0.3 is 0 Å². The summed E-state index contributed by atoms with van der Waals surface area (Å²) < 4.78 is 67.4. The first kappa shape index (κ1) is 18.6. The lowest BCUT2D eigenvalue weighted by molar-refractivity contribution is 0.590. The number of halogens is 3. The zero-order valence-corrected chi connectivity index (χ0v) is 14.7. The van der Waals surface area contributed by atoms with Crippen molar-refractivity contribution in [3.63, 3.8) is 0 Å². The lowest BCUT2D eigenvalue weighted by Crippen LogP contribution is -2.15. The molecule has 27 heavy (non-hydrogen) atoms. The first-order valence-corrected chi connectivity index (χ1v) is 9.08. The van der Waals surface area contributed by atoms with Crippen molar-refractivity contribution in [2.75, 3.05) is 10.0 Å². The molecular weight excluding hydrogens is 381 g/mol. The van der Waals surface area contributed by atoms with E-state index in [1.165, 1.54) is 25.1 Å². The first-order valence-electron chi connectivity index (χ1n) is 7.60. The summed E-state index contributed by atoms with van der Waals surface area (Å²) in [5, 5.41) is 9.79. The maximum absolute atomic E-state index is 13.6. The molecule has 0 aliphatic rings. The molecule has 2 N–H and O–H groups in total. The van der Waals surface area contributed by atoms with Crippen LogP contribution in [-0.4, -0.2) is 18.6 Å². The molecule has 0 fully saturated rings. The number of aromatic nitrogens is 2. The number of aryl methyl sites for hydroxylation is 1. The number of nitrogens with zero attached hydrogens (tertiary/aromatic N) is 2. The van der Waals surface area contributed by atoms with Gasteiger partial charge in [0, 0.05) is 0 Å². The van der Waals surface area contributed by atoms with Crippen molar-refractivity contribution in [3.8, 4) is 0 Å². The largest absolute Gasteiger partial charge is 0.334 e. The van der Waals surface area contributed by atoms with Crippen molar-refractivity contribution >= 4 is 27.3 Å². The van der Waals surface area contributed by atoms with Crippen molar-refractivity contribution < 1.29 is 21.6 Å². The normalized spacial score (nSPS) is 11.3. The third-order valence-electron chi connectivity index (χ3n) is 3.55. The Balaban J connectivity index is 1.79. The van der Waals surface area contributed by atoms with Crippen molar-refractivity contribution in [1.82, 2.24) is 10.2 Å². The maximum atomic E-state index is 13.6. The lowest BCUT2D eigenvalue weighted by atomic mass is 10.2. The minimum Gasteiger partial charge on any atom is -0.334 e. The van der Waals surface area contributed by atoms with Crippen LogP contribution in [0.4, 0.5) is 30.5 Å². The number of sulfonamides is 1. The Morgan fingerprint density at radius 3 is 2.11 bits per heavy atom. The van der Waals surface area contributed by atoms with Crippen LogP contribution in [0.2, 0.25) is 0 Å². The van der Waals surface area contributed by atoms with Crippen LogP contribution in [0.25, 0.3) is 0 Å². The molecule has 0 atom stereocenters. The van der Waals surface area contributed by atoms with Crippen LogP contribution in [0.3, 0.4) is 0 Å². The fraction of sp³-hybridized carbons (Fsp3) is 0.0588. The highest BCUT2D eigenvalue weighted by molar-refractivity contribution is 7.92. The third kappa shape index (κ3) is 4.17. The lowest BCUT2D eigenvalue weighted by Gasteiger charge is -2.10. The molecule has 0 amide bonds. The minimum absolute atomic E-state index is 0.0138. The molecule has 0 spiro atoms. The van der Waals surface area contributed by atoms with Gasteiger partial charge in [0.1, 0.15) is 23.1 Å². The van der Waals surface area contributed by atoms with E-state index in [4.69, 9.17) is 0 Å². The molecule has 10 heteroatoms. The standard InChI is InChI=1S/C17H13F3N4O2S/c1-10-9-11(18)5-6-14(10)27(25,26)24-16-8-7-15(22-23-16)21-17-12(19)3-2-4-13(17)20/h2-9H,1H3,(H,21,22)(H,23,24). The summed E-state index contributed by atoms with van der Waals surface area (Å²) in [6.07, 6.45) is 0. The van der Waals surface area contributed by atoms with E-state index in [-0.39, 0.29) is 22.1 Å². The monoisotopic (exact) mass is 394 g/mol. The molecule has 6 nitrogen and oxygen atoms in total. The van der Waals surface area contributed by atoms with Crippen molar-refractivity contribution in [1.29, 1.82) is 0 Å². The molecule has 0 aliphatic carbocycles. The van der Waals surface area contributed by atoms with Gasteiger partial charge in [0.2, 0.25) is 0 Å². The van der Waals surface area contributed by atoms with E-state index in [9.17, 15) is 21.6 Å². The Hall–Kier alpha value is -3.14. The Bertz CT molecular complexity index is 1070. The Morgan fingerprint density at radius 2 is 1.52 bits per heavy atom. The second-order valence-electron chi connectivity index (χ2n) is 5.54. The van der Waals surface area contributed by atoms with Gasteiger partial charge in [0.15, 0.2) is 11.6 Å². The van der Waals surface area contributed by atoms with Gasteiger partial charge in [0.25, 0.3) is 10.0 Å². The molecule has 1 heterocycles. The number of nitrogens with one attached hydrogen (secondary N) is 2. The van der Waals surface area contributed by atoms with Gasteiger partial charge < -0.3 is 5.32 Å². The minimum atomic E-state index is -4.01. The molecule has 1 aromatic heterocycles. The van der Waals surface area contributed by atoms with E-state index < -0.39 is 33.2 Å². The van der Waals surface area contributed by atoms with E-state index in [0.717, 1.165) is 30.3 Å². The second-order valence-corrected chi connectivity index (χ2v) is 7.19. The van der Waals surface area contributed by atoms with Gasteiger partial charge in [-0.2, -0.15) is 0 Å². The molecule has 0 unspecified atom stereocenters. The summed E-state index contributed by atoms with van der Waals surface area (Å²) in [5.41, 5.74) is -0.175. The molecule has 0 aliphatic heterocycles. The third-order valence-corrected chi connectivity index (χ3v) is 5.06. The molecule has 140 valence electrons. The Kier molecular flexibility index (Phi) is 5.00. The smallest absolute Gasteiger partial charge is 0.263 e. The number of anilines is 3. The van der Waals surface area contributed by atoms with Crippen molar-refractivity contribution in [2.45, 2.75) is 11.8 Å². The quantitative estimate of drug-likeness (QED) is 0.689. The van der Waals surface area contributed by atoms with Crippen LogP contribution in [0, 0.1) is 24.4 Å². The van der Waals surface area contributed by atoms with Crippen molar-refractivity contribution in [3.05, 3.63) is 71.5 Å². The summed E-state index contributed by atoms with van der Waals surface area (Å²) in [6.45, 7) is 1.46. The van der Waals surface area contributed by atoms with Crippen LogP contribution in [0.15, 0.2) is 53.4 Å². The Labute approximate surface area is 153 Å². The highest BCUT2D eigenvalue weighted by Crippen LogP contribution is 2.23. The van der Waals surface area contributed by atoms with Crippen LogP contribution >= 0.6 is 0 Å². The summed E-state index contributed by atoms with van der Waals surface area (Å²) in [7, 11) is -4.01. The molecular formula is C17H13F3N4O2S. The van der Waals surface area contributed by atoms with Crippen LogP contribution in [-0.2, 0) is 10.0 Å². The average molecular weight is 394 g/mol. The number of para-hydroxylation sites is 1. The van der Waals surface area contributed by atoms with E-state index in [1.54, 1.807) is 0 Å². The zero-order valence-electron chi connectivity index (χ0n) is 13.9. The van der Waals surface area contributed by atoms with Gasteiger partial charge in [0.05, 0.1) is 4.90 Å². The fourth-order valence-corrected chi connectivity index (χ4v) is 3.53. The number of benzene rings is 2. The van der Waals surface area contributed by atoms with Crippen LogP contribution < -0.4 is 10.0 Å². The highest BCUT2D eigenvalue weighted by Gasteiger charge is 2.18. The van der Waals surface area contributed by atoms with Crippen LogP contribution in [0.1, 0.15) is 5.56 Å². The fourth-order valence-electron chi connectivity index (χ4n) is 2.31. The second kappa shape index (κ2) is 7.23. The molecule has 0 saturated heterocycles. The summed E-state index contributed by atoms with van der Waals surface area (Å²) in [4.78, 5) is -0.110. The molecule has 2 aromatic carbocycles. The van der Waals surface area contributed by atoms with E-state index >= 15 is 0 Å². The van der Waals surface area contributed by atoms with Gasteiger partial charge in [-0.15, -0.1) is 10.2 Å². The first-order chi connectivity index (χ1) is 12.8. The maximum Gasteiger partial charge on any atom is 0.263 e. The van der Waals surface area contributed by atoms with E-state index in [2.05, 4.69) is 20.2 Å². The molecule has 3 aromatic rings. The number of hydrogen-bond acceptors (Lipinski definition) is 5. The van der Waals surface area contributed by atoms with Crippen molar-refractivity contribution in [2.24, 2.45) is 0 Å². The summed E-state index contributed by atoms with van der Waals surface area (Å²) in [6, 6.07) is 9.20. The topological polar surface area (TPSA) is 84.0 Å². The summed E-state index contributed by atoms with van der Waals surface area (Å²) >= 11 is 0. The van der Waals surface area contributed by atoms with Gasteiger partial charge in [-0.25, -0.2) is 21.6 Å². The molecule has 3 rings (SSSR count). The van der Waals surface area contributed by atoms with Gasteiger partial charge in [-0.1, -0.05) is 6.07 Å². The van der Waals surface area contributed by atoms with Crippen LogP contribution in [0.5, 0.6) is 0 Å². The Morgan fingerprint density at radius 1 is 0.889 bits per heavy atom. The zero-order chi connectivity index (χ0) is 19.6. The van der Waals surface area contributed by atoms with E-state index in [1.807, 2.05) is 0 Å². The van der Waals surface area contributed by atoms with Gasteiger partial charge in [-0.3, -0.25) is 4.72 Å².